The molecule has 3 nitrogen and oxygen atoms in total. The fraction of sp³-hybridized carbons (Fsp3) is 0.300. The van der Waals surface area contributed by atoms with Crippen LogP contribution in [0.5, 0.6) is 0 Å². The molecule has 0 fully saturated rings. The van der Waals surface area contributed by atoms with Crippen LogP contribution in [-0.2, 0) is 0 Å². The van der Waals surface area contributed by atoms with E-state index in [1.807, 2.05) is 31.2 Å². The van der Waals surface area contributed by atoms with Gasteiger partial charge in [-0.05, 0) is 26.0 Å². The Morgan fingerprint density at radius 3 is 2.62 bits per heavy atom. The summed E-state index contributed by atoms with van der Waals surface area (Å²) in [4.78, 5) is 7.40. The number of rotatable bonds is 0. The van der Waals surface area contributed by atoms with Gasteiger partial charge in [0.2, 0.25) is 0 Å². The highest BCUT2D eigenvalue weighted by atomic mass is 16.2. The summed E-state index contributed by atoms with van der Waals surface area (Å²) in [7, 11) is 0. The predicted octanol–water partition coefficient (Wildman–Crippen LogP) is 1.87. The molecule has 2 rings (SSSR count). The molecule has 0 spiro atoms. The van der Waals surface area contributed by atoms with Gasteiger partial charge in [-0.2, -0.15) is 0 Å². The number of aliphatic hydroxyl groups is 1. The SMILES string of the molecule is CCO.Cc1nc2ccccc2[nH]1. The molecule has 0 aliphatic heterocycles. The third-order valence-electron chi connectivity index (χ3n) is 1.51. The number of hydrogen-bond acceptors (Lipinski definition) is 2. The van der Waals surface area contributed by atoms with Crippen LogP contribution in [0, 0.1) is 6.92 Å². The van der Waals surface area contributed by atoms with E-state index in [2.05, 4.69) is 9.97 Å². The Kier molecular flexibility index (Phi) is 3.46. The molecule has 0 bridgehead atoms. The molecule has 70 valence electrons. The van der Waals surface area contributed by atoms with Gasteiger partial charge in [-0.1, -0.05) is 12.1 Å². The molecule has 0 aliphatic rings. The van der Waals surface area contributed by atoms with E-state index >= 15 is 0 Å². The number of imidazole rings is 1. The Hall–Kier alpha value is -1.35. The average Bonchev–Trinajstić information content (AvgIpc) is 2.45. The largest absolute Gasteiger partial charge is 0.397 e. The topological polar surface area (TPSA) is 48.9 Å². The van der Waals surface area contributed by atoms with Crippen LogP contribution in [0.1, 0.15) is 12.7 Å². The maximum Gasteiger partial charge on any atom is 0.104 e. The maximum absolute atomic E-state index is 7.57. The smallest absolute Gasteiger partial charge is 0.104 e. The zero-order chi connectivity index (χ0) is 9.68. The highest BCUT2D eigenvalue weighted by Gasteiger charge is 1.93. The van der Waals surface area contributed by atoms with Crippen molar-refractivity contribution < 1.29 is 5.11 Å². The normalized spacial score (nSPS) is 9.46. The molecule has 2 aromatic rings. The summed E-state index contributed by atoms with van der Waals surface area (Å²) in [5.41, 5.74) is 2.15. The Labute approximate surface area is 77.4 Å². The van der Waals surface area contributed by atoms with Crippen molar-refractivity contribution >= 4 is 11.0 Å². The Morgan fingerprint density at radius 2 is 2.00 bits per heavy atom. The minimum Gasteiger partial charge on any atom is -0.397 e. The molecule has 0 saturated carbocycles. The molecule has 0 atom stereocenters. The molecule has 3 heteroatoms. The minimum atomic E-state index is 0.250. The Morgan fingerprint density at radius 1 is 1.38 bits per heavy atom. The van der Waals surface area contributed by atoms with E-state index in [4.69, 9.17) is 5.11 Å². The lowest BCUT2D eigenvalue weighted by Crippen LogP contribution is -1.68. The number of aliphatic hydroxyl groups excluding tert-OH is 1. The van der Waals surface area contributed by atoms with Gasteiger partial charge in [-0.15, -0.1) is 0 Å². The zero-order valence-corrected chi connectivity index (χ0v) is 7.91. The van der Waals surface area contributed by atoms with Crippen molar-refractivity contribution in [3.63, 3.8) is 0 Å². The van der Waals surface area contributed by atoms with Gasteiger partial charge < -0.3 is 10.1 Å². The minimum absolute atomic E-state index is 0.250. The first-order valence-corrected chi connectivity index (χ1v) is 4.30. The van der Waals surface area contributed by atoms with Crippen LogP contribution in [0.15, 0.2) is 24.3 Å². The van der Waals surface area contributed by atoms with Gasteiger partial charge in [0.15, 0.2) is 0 Å². The Balaban J connectivity index is 0.000000251. The average molecular weight is 178 g/mol. The van der Waals surface area contributed by atoms with Crippen LogP contribution in [0.4, 0.5) is 0 Å². The summed E-state index contributed by atoms with van der Waals surface area (Å²) in [5.74, 6) is 0.973. The second-order valence-corrected chi connectivity index (χ2v) is 2.66. The van der Waals surface area contributed by atoms with Crippen molar-refractivity contribution in [2.24, 2.45) is 0 Å². The van der Waals surface area contributed by atoms with E-state index in [1.165, 1.54) is 0 Å². The molecule has 0 aliphatic carbocycles. The van der Waals surface area contributed by atoms with Crippen LogP contribution in [0.3, 0.4) is 0 Å². The van der Waals surface area contributed by atoms with Crippen LogP contribution >= 0.6 is 0 Å². The van der Waals surface area contributed by atoms with E-state index in [0.717, 1.165) is 16.9 Å². The summed E-state index contributed by atoms with van der Waals surface area (Å²) in [5, 5.41) is 7.57. The second kappa shape index (κ2) is 4.62. The highest BCUT2D eigenvalue weighted by molar-refractivity contribution is 5.74. The van der Waals surface area contributed by atoms with Gasteiger partial charge in [-0.25, -0.2) is 4.98 Å². The van der Waals surface area contributed by atoms with Crippen LogP contribution in [0.25, 0.3) is 11.0 Å². The van der Waals surface area contributed by atoms with Crippen LogP contribution in [0.2, 0.25) is 0 Å². The van der Waals surface area contributed by atoms with Crippen LogP contribution in [-0.4, -0.2) is 21.7 Å². The van der Waals surface area contributed by atoms with E-state index in [1.54, 1.807) is 6.92 Å². The van der Waals surface area contributed by atoms with E-state index in [9.17, 15) is 0 Å². The number of para-hydroxylation sites is 2. The lowest BCUT2D eigenvalue weighted by atomic mass is 10.3. The molecule has 13 heavy (non-hydrogen) atoms. The first kappa shape index (κ1) is 9.74. The molecule has 1 aromatic carbocycles. The Bertz CT molecular complexity index is 335. The van der Waals surface area contributed by atoms with Gasteiger partial charge in [0.05, 0.1) is 11.0 Å². The molecule has 0 saturated heterocycles. The quantitative estimate of drug-likeness (QED) is 0.647. The molecule has 1 heterocycles. The number of H-pyrrole nitrogens is 1. The van der Waals surface area contributed by atoms with Gasteiger partial charge >= 0.3 is 0 Å². The number of aromatic nitrogens is 2. The summed E-state index contributed by atoms with van der Waals surface area (Å²) in [6.07, 6.45) is 0. The van der Waals surface area contributed by atoms with Gasteiger partial charge in [0.1, 0.15) is 5.82 Å². The summed E-state index contributed by atoms with van der Waals surface area (Å²) in [6, 6.07) is 8.01. The third kappa shape index (κ3) is 2.56. The van der Waals surface area contributed by atoms with Gasteiger partial charge in [0.25, 0.3) is 0 Å². The number of nitrogens with one attached hydrogen (secondary N) is 1. The maximum atomic E-state index is 7.57. The van der Waals surface area contributed by atoms with E-state index in [-0.39, 0.29) is 6.61 Å². The van der Waals surface area contributed by atoms with Gasteiger partial charge in [-0.3, -0.25) is 0 Å². The van der Waals surface area contributed by atoms with Crippen molar-refractivity contribution in [2.45, 2.75) is 13.8 Å². The monoisotopic (exact) mass is 178 g/mol. The number of hydrogen-bond donors (Lipinski definition) is 2. The predicted molar refractivity (Wildman–Crippen MR) is 53.6 cm³/mol. The van der Waals surface area contributed by atoms with Crippen molar-refractivity contribution in [1.29, 1.82) is 0 Å². The number of aromatic amines is 1. The fourth-order valence-corrected chi connectivity index (χ4v) is 1.08. The first-order chi connectivity index (χ1) is 6.27. The second-order valence-electron chi connectivity index (χ2n) is 2.66. The van der Waals surface area contributed by atoms with Gasteiger partial charge in [0, 0.05) is 6.61 Å². The number of fused-ring (bicyclic) bond motifs is 1. The summed E-state index contributed by atoms with van der Waals surface area (Å²) < 4.78 is 0. The molecule has 1 aromatic heterocycles. The highest BCUT2D eigenvalue weighted by Crippen LogP contribution is 2.08. The molecule has 0 radical (unpaired) electrons. The van der Waals surface area contributed by atoms with Crippen molar-refractivity contribution in [1.82, 2.24) is 9.97 Å². The van der Waals surface area contributed by atoms with Crippen molar-refractivity contribution in [3.8, 4) is 0 Å². The summed E-state index contributed by atoms with van der Waals surface area (Å²) >= 11 is 0. The van der Waals surface area contributed by atoms with Crippen LogP contribution < -0.4 is 0 Å². The lowest BCUT2D eigenvalue weighted by molar-refractivity contribution is 0.318. The first-order valence-electron chi connectivity index (χ1n) is 4.30. The molecule has 0 unspecified atom stereocenters. The fourth-order valence-electron chi connectivity index (χ4n) is 1.08. The number of benzene rings is 1. The lowest BCUT2D eigenvalue weighted by Gasteiger charge is -1.81. The van der Waals surface area contributed by atoms with E-state index < -0.39 is 0 Å². The standard InChI is InChI=1S/C8H8N2.C2H6O/c1-6-9-7-4-2-3-5-8(7)10-6;1-2-3/h2-5H,1H3,(H,9,10);3H,2H2,1H3. The van der Waals surface area contributed by atoms with Crippen molar-refractivity contribution in [3.05, 3.63) is 30.1 Å². The summed E-state index contributed by atoms with van der Waals surface area (Å²) in [6.45, 7) is 3.89. The molecule has 0 amide bonds. The van der Waals surface area contributed by atoms with Crippen molar-refractivity contribution in [2.75, 3.05) is 6.61 Å². The molecule has 2 N–H and O–H groups in total. The molecular weight excluding hydrogens is 164 g/mol. The number of aryl methyl sites for hydroxylation is 1. The van der Waals surface area contributed by atoms with E-state index in [0.29, 0.717) is 0 Å². The number of nitrogens with zero attached hydrogens (tertiary/aromatic N) is 1. The molecular formula is C10H14N2O. The zero-order valence-electron chi connectivity index (χ0n) is 7.91. The third-order valence-corrected chi connectivity index (χ3v) is 1.51.